The van der Waals surface area contributed by atoms with Gasteiger partial charge in [-0.1, -0.05) is 90.5 Å². The monoisotopic (exact) mass is 360 g/mol. The summed E-state index contributed by atoms with van der Waals surface area (Å²) in [6, 6.07) is 29.4. The van der Waals surface area contributed by atoms with Gasteiger partial charge in [0.25, 0.3) is 0 Å². The van der Waals surface area contributed by atoms with Gasteiger partial charge in [0.15, 0.2) is 0 Å². The number of amidine groups is 1. The molecule has 0 saturated carbocycles. The van der Waals surface area contributed by atoms with Gasteiger partial charge in [-0.05, 0) is 29.2 Å². The van der Waals surface area contributed by atoms with Gasteiger partial charge in [0.1, 0.15) is 6.04 Å². The summed E-state index contributed by atoms with van der Waals surface area (Å²) in [6.45, 7) is 0. The van der Waals surface area contributed by atoms with E-state index in [1.807, 2.05) is 24.3 Å². The highest BCUT2D eigenvalue weighted by Gasteiger charge is 2.30. The molecule has 1 N–H and O–H groups in total. The van der Waals surface area contributed by atoms with Crippen molar-refractivity contribution in [1.29, 1.82) is 0 Å². The second-order valence-corrected chi connectivity index (χ2v) is 6.96. The molecule has 3 aromatic rings. The number of benzene rings is 3. The predicted octanol–water partition coefficient (Wildman–Crippen LogP) is 5.76. The molecule has 1 heterocycles. The Kier molecular flexibility index (Phi) is 5.03. The minimum atomic E-state index is 0.0971. The zero-order valence-corrected chi connectivity index (χ0v) is 15.2. The van der Waals surface area contributed by atoms with Crippen molar-refractivity contribution in [2.45, 2.75) is 24.9 Å². The normalized spacial score (nSPS) is 19.0. The standard InChI is InChI=1S/C23H21ClN2/c24-20-14-8-7-9-17(20)15-16-21-25-22(18-10-3-1-4-11-18)23(26-21)19-12-5-2-6-13-19/h1-14,22-23H,15-16H2,(H,25,26). The molecule has 2 atom stereocenters. The summed E-state index contributed by atoms with van der Waals surface area (Å²) in [5.74, 6) is 1.05. The lowest BCUT2D eigenvalue weighted by Gasteiger charge is -2.19. The van der Waals surface area contributed by atoms with Crippen LogP contribution >= 0.6 is 11.6 Å². The van der Waals surface area contributed by atoms with Crippen LogP contribution in [0.4, 0.5) is 0 Å². The number of aryl methyl sites for hydroxylation is 1. The molecule has 26 heavy (non-hydrogen) atoms. The van der Waals surface area contributed by atoms with E-state index in [1.165, 1.54) is 11.1 Å². The maximum Gasteiger partial charge on any atom is 0.101 e. The van der Waals surface area contributed by atoms with Crippen molar-refractivity contribution in [3.8, 4) is 0 Å². The highest BCUT2D eigenvalue weighted by Crippen LogP contribution is 2.36. The van der Waals surface area contributed by atoms with Crippen LogP contribution in [-0.2, 0) is 6.42 Å². The van der Waals surface area contributed by atoms with Crippen molar-refractivity contribution >= 4 is 17.4 Å². The van der Waals surface area contributed by atoms with Crippen molar-refractivity contribution in [3.05, 3.63) is 107 Å². The Hall–Kier alpha value is -2.58. The van der Waals surface area contributed by atoms with E-state index in [-0.39, 0.29) is 12.1 Å². The fraction of sp³-hybridized carbons (Fsp3) is 0.174. The maximum atomic E-state index is 6.30. The van der Waals surface area contributed by atoms with Crippen molar-refractivity contribution < 1.29 is 0 Å². The third-order valence-electron chi connectivity index (χ3n) is 4.82. The van der Waals surface area contributed by atoms with Gasteiger partial charge in [-0.25, -0.2) is 0 Å². The van der Waals surface area contributed by atoms with Gasteiger partial charge in [-0.3, -0.25) is 4.99 Å². The molecule has 3 heteroatoms. The Morgan fingerprint density at radius 3 is 2.04 bits per heavy atom. The number of halogens is 1. The molecular formula is C23H21ClN2. The van der Waals surface area contributed by atoms with Crippen molar-refractivity contribution in [1.82, 2.24) is 5.32 Å². The van der Waals surface area contributed by atoms with E-state index in [9.17, 15) is 0 Å². The Morgan fingerprint density at radius 2 is 1.35 bits per heavy atom. The quantitative estimate of drug-likeness (QED) is 0.614. The van der Waals surface area contributed by atoms with Gasteiger partial charge in [-0.2, -0.15) is 0 Å². The third kappa shape index (κ3) is 3.66. The molecule has 0 bridgehead atoms. The lowest BCUT2D eigenvalue weighted by atomic mass is 9.95. The van der Waals surface area contributed by atoms with Crippen LogP contribution in [0.25, 0.3) is 0 Å². The molecular weight excluding hydrogens is 340 g/mol. The minimum Gasteiger partial charge on any atom is -0.364 e. The fourth-order valence-electron chi connectivity index (χ4n) is 3.47. The Labute approximate surface area is 159 Å². The van der Waals surface area contributed by atoms with Crippen LogP contribution in [0, 0.1) is 0 Å². The topological polar surface area (TPSA) is 24.4 Å². The number of hydrogen-bond donors (Lipinski definition) is 1. The zero-order chi connectivity index (χ0) is 17.8. The van der Waals surface area contributed by atoms with Gasteiger partial charge in [0, 0.05) is 11.4 Å². The smallest absolute Gasteiger partial charge is 0.101 e. The first kappa shape index (κ1) is 16.9. The van der Waals surface area contributed by atoms with E-state index in [0.29, 0.717) is 0 Å². The summed E-state index contributed by atoms with van der Waals surface area (Å²) in [5, 5.41) is 4.48. The van der Waals surface area contributed by atoms with Crippen LogP contribution in [0.3, 0.4) is 0 Å². The van der Waals surface area contributed by atoms with Crippen LogP contribution in [0.1, 0.15) is 35.2 Å². The second-order valence-electron chi connectivity index (χ2n) is 6.56. The van der Waals surface area contributed by atoms with Gasteiger partial charge in [-0.15, -0.1) is 0 Å². The first-order valence-electron chi connectivity index (χ1n) is 8.98. The number of nitrogens with zero attached hydrogens (tertiary/aromatic N) is 1. The summed E-state index contributed by atoms with van der Waals surface area (Å²) in [6.07, 6.45) is 1.74. The minimum absolute atomic E-state index is 0.0971. The van der Waals surface area contributed by atoms with E-state index >= 15 is 0 Å². The molecule has 0 aliphatic carbocycles. The molecule has 1 aliphatic rings. The first-order chi connectivity index (χ1) is 12.8. The van der Waals surface area contributed by atoms with Gasteiger partial charge < -0.3 is 5.32 Å². The molecule has 4 rings (SSSR count). The second kappa shape index (κ2) is 7.76. The van der Waals surface area contributed by atoms with Crippen LogP contribution in [0.5, 0.6) is 0 Å². The fourth-order valence-corrected chi connectivity index (χ4v) is 3.70. The van der Waals surface area contributed by atoms with E-state index in [1.54, 1.807) is 0 Å². The summed E-state index contributed by atoms with van der Waals surface area (Å²) in [7, 11) is 0. The summed E-state index contributed by atoms with van der Waals surface area (Å²) in [5.41, 5.74) is 3.66. The Morgan fingerprint density at radius 1 is 0.731 bits per heavy atom. The van der Waals surface area contributed by atoms with E-state index in [4.69, 9.17) is 16.6 Å². The van der Waals surface area contributed by atoms with E-state index in [0.717, 1.165) is 29.3 Å². The van der Waals surface area contributed by atoms with Gasteiger partial charge in [0.2, 0.25) is 0 Å². The lowest BCUT2D eigenvalue weighted by molar-refractivity contribution is 0.571. The summed E-state index contributed by atoms with van der Waals surface area (Å²) in [4.78, 5) is 5.02. The Bertz CT molecular complexity index is 890. The highest BCUT2D eigenvalue weighted by molar-refractivity contribution is 6.31. The number of rotatable bonds is 5. The van der Waals surface area contributed by atoms with Crippen molar-refractivity contribution in [2.75, 3.05) is 0 Å². The highest BCUT2D eigenvalue weighted by atomic mass is 35.5. The molecule has 0 saturated heterocycles. The van der Waals surface area contributed by atoms with E-state index in [2.05, 4.69) is 66.0 Å². The summed E-state index contributed by atoms with van der Waals surface area (Å²) >= 11 is 6.30. The molecule has 1 aliphatic heterocycles. The van der Waals surface area contributed by atoms with Crippen LogP contribution < -0.4 is 5.32 Å². The molecule has 3 aromatic carbocycles. The molecule has 0 aromatic heterocycles. The van der Waals surface area contributed by atoms with Crippen molar-refractivity contribution in [2.24, 2.45) is 4.99 Å². The molecule has 130 valence electrons. The van der Waals surface area contributed by atoms with Crippen molar-refractivity contribution in [3.63, 3.8) is 0 Å². The van der Waals surface area contributed by atoms with Crippen LogP contribution in [0.2, 0.25) is 5.02 Å². The largest absolute Gasteiger partial charge is 0.364 e. The van der Waals surface area contributed by atoms with Crippen LogP contribution in [0.15, 0.2) is 89.9 Å². The van der Waals surface area contributed by atoms with Gasteiger partial charge in [0.05, 0.1) is 11.9 Å². The molecule has 2 unspecified atom stereocenters. The molecule has 0 fully saturated rings. The average Bonchev–Trinajstić information content (AvgIpc) is 3.13. The molecule has 0 radical (unpaired) electrons. The lowest BCUT2D eigenvalue weighted by Crippen LogP contribution is -2.24. The molecule has 0 amide bonds. The van der Waals surface area contributed by atoms with Crippen LogP contribution in [-0.4, -0.2) is 5.84 Å². The van der Waals surface area contributed by atoms with E-state index < -0.39 is 0 Å². The number of aliphatic imine (C=N–C) groups is 1. The maximum absolute atomic E-state index is 6.30. The van der Waals surface area contributed by atoms with Gasteiger partial charge >= 0.3 is 0 Å². The third-order valence-corrected chi connectivity index (χ3v) is 5.19. The number of hydrogen-bond acceptors (Lipinski definition) is 2. The molecule has 2 nitrogen and oxygen atoms in total. The SMILES string of the molecule is Clc1ccccc1CCC1=NC(c2ccccc2)C(c2ccccc2)N1. The number of nitrogens with one attached hydrogen (secondary N) is 1. The predicted molar refractivity (Wildman–Crippen MR) is 109 cm³/mol. The Balaban J connectivity index is 1.57. The first-order valence-corrected chi connectivity index (χ1v) is 9.35. The average molecular weight is 361 g/mol. The molecule has 0 spiro atoms. The summed E-state index contributed by atoms with van der Waals surface area (Å²) < 4.78 is 0. The zero-order valence-electron chi connectivity index (χ0n) is 14.5.